The van der Waals surface area contributed by atoms with E-state index < -0.39 is 0 Å². The van der Waals surface area contributed by atoms with E-state index in [0.29, 0.717) is 0 Å². The molecule has 0 spiro atoms. The molecule has 0 aliphatic heterocycles. The van der Waals surface area contributed by atoms with Gasteiger partial charge in [0.15, 0.2) is 0 Å². The first-order chi connectivity index (χ1) is 6.61. The molecule has 1 aliphatic rings. The maximum Gasteiger partial charge on any atom is 0 e. The molecule has 0 bridgehead atoms. The molecule has 1 rings (SSSR count). The Morgan fingerprint density at radius 1 is 0.733 bits per heavy atom. The Bertz CT molecular complexity index is 125. The van der Waals surface area contributed by atoms with E-state index in [0.717, 1.165) is 23.7 Å². The minimum Gasteiger partial charge on any atom is -0.328 e. The van der Waals surface area contributed by atoms with E-state index in [1.807, 2.05) is 0 Å². The molecule has 1 heteroatoms. The minimum atomic E-state index is 0. The van der Waals surface area contributed by atoms with Gasteiger partial charge in [0.05, 0.1) is 0 Å². The fourth-order valence-corrected chi connectivity index (χ4v) is 2.33. The molecule has 0 atom stereocenters. The summed E-state index contributed by atoms with van der Waals surface area (Å²) in [6.07, 6.45) is 10.4. The molecule has 1 fully saturated rings. The molecule has 0 N–H and O–H groups in total. The average molecular weight is 283 g/mol. The third-order valence-corrected chi connectivity index (χ3v) is 3.76. The summed E-state index contributed by atoms with van der Waals surface area (Å²) in [5, 5.41) is 0. The SMILES string of the molecule is CC(C)C1C[CH-]CC(C(C)C)C[CH-]C1.[Y]. The van der Waals surface area contributed by atoms with Crippen LogP contribution in [0, 0.1) is 36.5 Å². The van der Waals surface area contributed by atoms with Crippen molar-refractivity contribution in [1.29, 1.82) is 0 Å². The molecule has 0 saturated heterocycles. The maximum atomic E-state index is 2.54. The largest absolute Gasteiger partial charge is 0.328 e. The van der Waals surface area contributed by atoms with E-state index in [1.54, 1.807) is 0 Å². The molecule has 0 aromatic carbocycles. The topological polar surface area (TPSA) is 0 Å². The predicted octanol–water partition coefficient (Wildman–Crippen LogP) is 4.51. The van der Waals surface area contributed by atoms with Gasteiger partial charge < -0.3 is 12.8 Å². The quantitative estimate of drug-likeness (QED) is 0.654. The summed E-state index contributed by atoms with van der Waals surface area (Å²) in [5.74, 6) is 3.50. The Hall–Kier alpha value is 1.10. The first-order valence-corrected chi connectivity index (χ1v) is 6.24. The van der Waals surface area contributed by atoms with Crippen LogP contribution in [0.1, 0.15) is 53.4 Å². The zero-order valence-corrected chi connectivity index (χ0v) is 13.7. The van der Waals surface area contributed by atoms with Crippen LogP contribution >= 0.6 is 0 Å². The van der Waals surface area contributed by atoms with Crippen molar-refractivity contribution in [3.8, 4) is 0 Å². The number of hydrogen-bond acceptors (Lipinski definition) is 0. The summed E-state index contributed by atoms with van der Waals surface area (Å²) < 4.78 is 0. The second-order valence-corrected chi connectivity index (χ2v) is 5.53. The molecule has 0 heterocycles. The van der Waals surface area contributed by atoms with Crippen LogP contribution in [0.3, 0.4) is 0 Å². The van der Waals surface area contributed by atoms with Crippen LogP contribution in [0.4, 0.5) is 0 Å². The molecule has 0 unspecified atom stereocenters. The molecule has 0 amide bonds. The molecular weight excluding hydrogens is 257 g/mol. The molecule has 15 heavy (non-hydrogen) atoms. The molecular formula is C14H26Y-2. The van der Waals surface area contributed by atoms with Gasteiger partial charge in [-0.1, -0.05) is 39.5 Å². The summed E-state index contributed by atoms with van der Waals surface area (Å²) in [6, 6.07) is 0. The Labute approximate surface area is 122 Å². The van der Waals surface area contributed by atoms with Crippen molar-refractivity contribution in [2.45, 2.75) is 53.4 Å². The standard InChI is InChI=1S/C14H26.Y/c1-11(2)13-7-5-9-14(12(3)4)10-6-8-13;/h5-6,11-14H,7-10H2,1-4H3;/q-2;. The van der Waals surface area contributed by atoms with Crippen molar-refractivity contribution in [3.05, 3.63) is 12.8 Å². The van der Waals surface area contributed by atoms with Crippen molar-refractivity contribution < 1.29 is 32.7 Å². The third-order valence-electron chi connectivity index (χ3n) is 3.76. The molecule has 1 saturated carbocycles. The zero-order valence-electron chi connectivity index (χ0n) is 10.9. The minimum absolute atomic E-state index is 0. The van der Waals surface area contributed by atoms with Gasteiger partial charge in [-0.3, -0.25) is 0 Å². The summed E-state index contributed by atoms with van der Waals surface area (Å²) in [4.78, 5) is 0. The van der Waals surface area contributed by atoms with Crippen molar-refractivity contribution in [3.63, 3.8) is 0 Å². The van der Waals surface area contributed by atoms with E-state index >= 15 is 0 Å². The van der Waals surface area contributed by atoms with Crippen molar-refractivity contribution in [1.82, 2.24) is 0 Å². The number of hydrogen-bond donors (Lipinski definition) is 0. The van der Waals surface area contributed by atoms with Gasteiger partial charge in [-0.25, -0.2) is 0 Å². The first-order valence-electron chi connectivity index (χ1n) is 6.24. The fourth-order valence-electron chi connectivity index (χ4n) is 2.33. The van der Waals surface area contributed by atoms with E-state index in [9.17, 15) is 0 Å². The Kier molecular flexibility index (Phi) is 8.84. The third kappa shape index (κ3) is 5.82. The molecule has 0 aromatic rings. The molecule has 1 aliphatic carbocycles. The van der Waals surface area contributed by atoms with Crippen LogP contribution in [-0.4, -0.2) is 0 Å². The van der Waals surface area contributed by atoms with Crippen LogP contribution in [0.25, 0.3) is 0 Å². The van der Waals surface area contributed by atoms with E-state index in [4.69, 9.17) is 0 Å². The maximum absolute atomic E-state index is 2.54. The fraction of sp³-hybridized carbons (Fsp3) is 0.857. The number of rotatable bonds is 2. The summed E-state index contributed by atoms with van der Waals surface area (Å²) >= 11 is 0. The van der Waals surface area contributed by atoms with Gasteiger partial charge in [0, 0.05) is 32.7 Å². The van der Waals surface area contributed by atoms with Crippen LogP contribution in [-0.2, 0) is 32.7 Å². The molecule has 1 radical (unpaired) electrons. The zero-order chi connectivity index (χ0) is 10.6. The van der Waals surface area contributed by atoms with E-state index in [2.05, 4.69) is 40.5 Å². The van der Waals surface area contributed by atoms with E-state index in [-0.39, 0.29) is 32.7 Å². The van der Waals surface area contributed by atoms with Crippen LogP contribution in [0.15, 0.2) is 0 Å². The molecule has 0 aromatic heterocycles. The van der Waals surface area contributed by atoms with Gasteiger partial charge in [-0.2, -0.15) is 25.7 Å². The van der Waals surface area contributed by atoms with Gasteiger partial charge >= 0.3 is 0 Å². The van der Waals surface area contributed by atoms with Crippen LogP contribution in [0.2, 0.25) is 0 Å². The smallest absolute Gasteiger partial charge is 0 e. The van der Waals surface area contributed by atoms with Crippen LogP contribution in [0.5, 0.6) is 0 Å². The first kappa shape index (κ1) is 16.1. The predicted molar refractivity (Wildman–Crippen MR) is 63.7 cm³/mol. The monoisotopic (exact) mass is 283 g/mol. The van der Waals surface area contributed by atoms with Crippen LogP contribution < -0.4 is 0 Å². The van der Waals surface area contributed by atoms with Crippen molar-refractivity contribution >= 4 is 0 Å². The average Bonchev–Trinajstić information content (AvgIpc) is 2.01. The van der Waals surface area contributed by atoms with Gasteiger partial charge in [0.25, 0.3) is 0 Å². The van der Waals surface area contributed by atoms with Gasteiger partial charge in [-0.05, 0) is 11.8 Å². The second-order valence-electron chi connectivity index (χ2n) is 5.53. The Morgan fingerprint density at radius 3 is 1.20 bits per heavy atom. The van der Waals surface area contributed by atoms with Gasteiger partial charge in [0.1, 0.15) is 0 Å². The normalized spacial score (nSPS) is 28.4. The van der Waals surface area contributed by atoms with Crippen molar-refractivity contribution in [2.24, 2.45) is 23.7 Å². The molecule has 87 valence electrons. The summed E-state index contributed by atoms with van der Waals surface area (Å²) in [7, 11) is 0. The van der Waals surface area contributed by atoms with Gasteiger partial charge in [0.2, 0.25) is 0 Å². The summed E-state index contributed by atoms with van der Waals surface area (Å²) in [6.45, 7) is 9.42. The van der Waals surface area contributed by atoms with Crippen molar-refractivity contribution in [2.75, 3.05) is 0 Å². The Balaban J connectivity index is 0.00000196. The molecule has 0 nitrogen and oxygen atoms in total. The second kappa shape index (κ2) is 8.23. The Morgan fingerprint density at radius 2 is 1.00 bits per heavy atom. The van der Waals surface area contributed by atoms with Gasteiger partial charge in [-0.15, -0.1) is 0 Å². The summed E-state index contributed by atoms with van der Waals surface area (Å²) in [5.41, 5.74) is 0. The van der Waals surface area contributed by atoms with E-state index in [1.165, 1.54) is 25.7 Å².